The lowest BCUT2D eigenvalue weighted by Gasteiger charge is -2.27. The van der Waals surface area contributed by atoms with Gasteiger partial charge in [-0.2, -0.15) is 13.2 Å². The van der Waals surface area contributed by atoms with Gasteiger partial charge in [-0.05, 0) is 60.2 Å². The highest BCUT2D eigenvalue weighted by Crippen LogP contribution is 2.35. The number of aryl methyl sites for hydroxylation is 1. The average Bonchev–Trinajstić information content (AvgIpc) is 2.91. The third kappa shape index (κ3) is 5.85. The lowest BCUT2D eigenvalue weighted by Crippen LogP contribution is -2.33. The van der Waals surface area contributed by atoms with Gasteiger partial charge >= 0.3 is 6.18 Å². The van der Waals surface area contributed by atoms with Crippen LogP contribution in [0.1, 0.15) is 61.8 Å². The highest BCUT2D eigenvalue weighted by atomic mass is 19.4. The number of nitrogens with zero attached hydrogens (tertiary/aromatic N) is 1. The Morgan fingerprint density at radius 2 is 1.65 bits per heavy atom. The normalized spacial score (nSPS) is 14.2. The molecule has 1 N–H and O–H groups in total. The van der Waals surface area contributed by atoms with Gasteiger partial charge in [-0.1, -0.05) is 75.4 Å². The molecule has 2 atom stereocenters. The van der Waals surface area contributed by atoms with E-state index in [1.807, 2.05) is 56.3 Å². The SMILES string of the molecule is CCC(C)(CCc1ccc(C(F)(F)F)cc1)C(=O)Nc1ccc(C(C)c2ccccc2)c2cccnc12. The molecule has 4 rings (SSSR count). The Bertz CT molecular complexity index is 1370. The molecule has 0 aliphatic carbocycles. The predicted octanol–water partition coefficient (Wildman–Crippen LogP) is 8.39. The molecule has 0 aliphatic heterocycles. The zero-order valence-corrected chi connectivity index (χ0v) is 21.3. The van der Waals surface area contributed by atoms with Crippen molar-refractivity contribution >= 4 is 22.5 Å². The molecule has 0 saturated heterocycles. The minimum Gasteiger partial charge on any atom is -0.324 e. The largest absolute Gasteiger partial charge is 0.416 e. The Morgan fingerprint density at radius 1 is 0.946 bits per heavy atom. The van der Waals surface area contributed by atoms with Crippen LogP contribution in [-0.4, -0.2) is 10.9 Å². The van der Waals surface area contributed by atoms with Crippen molar-refractivity contribution < 1.29 is 18.0 Å². The van der Waals surface area contributed by atoms with Crippen molar-refractivity contribution in [2.45, 2.75) is 52.1 Å². The van der Waals surface area contributed by atoms with Gasteiger partial charge in [-0.3, -0.25) is 9.78 Å². The fraction of sp³-hybridized carbons (Fsp3) is 0.290. The maximum absolute atomic E-state index is 13.5. The molecule has 37 heavy (non-hydrogen) atoms. The lowest BCUT2D eigenvalue weighted by atomic mass is 9.80. The van der Waals surface area contributed by atoms with Gasteiger partial charge in [0.2, 0.25) is 5.91 Å². The molecule has 1 amide bonds. The van der Waals surface area contributed by atoms with Crippen LogP contribution in [0.15, 0.2) is 85.1 Å². The summed E-state index contributed by atoms with van der Waals surface area (Å²) in [6, 6.07) is 23.3. The first-order valence-corrected chi connectivity index (χ1v) is 12.5. The van der Waals surface area contributed by atoms with Crippen molar-refractivity contribution in [3.8, 4) is 0 Å². The molecule has 0 spiro atoms. The van der Waals surface area contributed by atoms with E-state index in [-0.39, 0.29) is 11.8 Å². The number of benzene rings is 3. The Labute approximate surface area is 215 Å². The molecule has 0 fully saturated rings. The van der Waals surface area contributed by atoms with Gasteiger partial charge in [-0.15, -0.1) is 0 Å². The number of fused-ring (bicyclic) bond motifs is 1. The summed E-state index contributed by atoms with van der Waals surface area (Å²) in [6.45, 7) is 6.01. The summed E-state index contributed by atoms with van der Waals surface area (Å²) in [5.41, 5.74) is 3.12. The van der Waals surface area contributed by atoms with Crippen molar-refractivity contribution in [1.29, 1.82) is 0 Å². The Morgan fingerprint density at radius 3 is 2.30 bits per heavy atom. The van der Waals surface area contributed by atoms with E-state index >= 15 is 0 Å². The number of carbonyl (C=O) groups is 1. The van der Waals surface area contributed by atoms with E-state index in [4.69, 9.17) is 0 Å². The van der Waals surface area contributed by atoms with Gasteiger partial charge in [-0.25, -0.2) is 0 Å². The molecule has 1 heterocycles. The summed E-state index contributed by atoms with van der Waals surface area (Å²) in [5.74, 6) is 0.0278. The van der Waals surface area contributed by atoms with Crippen LogP contribution < -0.4 is 5.32 Å². The molecule has 6 heteroatoms. The average molecular weight is 505 g/mol. The van der Waals surface area contributed by atoms with Gasteiger partial charge in [0.15, 0.2) is 0 Å². The minimum atomic E-state index is -4.36. The fourth-order valence-corrected chi connectivity index (χ4v) is 4.60. The third-order valence-corrected chi connectivity index (χ3v) is 7.39. The number of anilines is 1. The molecule has 192 valence electrons. The summed E-state index contributed by atoms with van der Waals surface area (Å²) in [6.07, 6.45) is -1.04. The molecular formula is C31H31F3N2O. The molecule has 0 aliphatic rings. The first kappa shape index (κ1) is 26.4. The first-order chi connectivity index (χ1) is 17.6. The standard InChI is InChI=1S/C31H31F3N2O/c1-4-30(3,19-18-22-12-14-24(15-13-22)31(32,33)34)29(37)36-27-17-16-25(26-11-8-20-35-28(26)27)21(2)23-9-6-5-7-10-23/h5-17,20-21H,4,18-19H2,1-3H3,(H,36,37). The molecular weight excluding hydrogens is 473 g/mol. The van der Waals surface area contributed by atoms with Crippen LogP contribution in [0.5, 0.6) is 0 Å². The molecule has 1 aromatic heterocycles. The van der Waals surface area contributed by atoms with E-state index in [9.17, 15) is 18.0 Å². The molecule has 3 aromatic carbocycles. The molecule has 0 saturated carbocycles. The zero-order valence-electron chi connectivity index (χ0n) is 21.3. The number of hydrogen-bond acceptors (Lipinski definition) is 2. The maximum atomic E-state index is 13.5. The van der Waals surface area contributed by atoms with E-state index in [1.165, 1.54) is 17.7 Å². The van der Waals surface area contributed by atoms with Gasteiger partial charge in [0.1, 0.15) is 0 Å². The number of carbonyl (C=O) groups excluding carboxylic acids is 1. The van der Waals surface area contributed by atoms with Crippen molar-refractivity contribution in [3.05, 3.63) is 107 Å². The number of amides is 1. The summed E-state index contributed by atoms with van der Waals surface area (Å²) in [7, 11) is 0. The number of alkyl halides is 3. The molecule has 2 unspecified atom stereocenters. The molecule has 0 radical (unpaired) electrons. The van der Waals surface area contributed by atoms with E-state index in [2.05, 4.69) is 29.4 Å². The van der Waals surface area contributed by atoms with Crippen LogP contribution in [-0.2, 0) is 17.4 Å². The van der Waals surface area contributed by atoms with Crippen LogP contribution >= 0.6 is 0 Å². The topological polar surface area (TPSA) is 42.0 Å². The van der Waals surface area contributed by atoms with Crippen LogP contribution in [0.3, 0.4) is 0 Å². The molecule has 3 nitrogen and oxygen atoms in total. The van der Waals surface area contributed by atoms with Crippen molar-refractivity contribution in [3.63, 3.8) is 0 Å². The molecule has 4 aromatic rings. The van der Waals surface area contributed by atoms with Crippen LogP contribution in [0.4, 0.5) is 18.9 Å². The highest BCUT2D eigenvalue weighted by molar-refractivity contribution is 6.03. The maximum Gasteiger partial charge on any atom is 0.416 e. The zero-order chi connectivity index (χ0) is 26.6. The second-order valence-corrected chi connectivity index (χ2v) is 9.80. The first-order valence-electron chi connectivity index (χ1n) is 12.5. The molecule has 0 bridgehead atoms. The smallest absolute Gasteiger partial charge is 0.324 e. The van der Waals surface area contributed by atoms with E-state index < -0.39 is 17.2 Å². The van der Waals surface area contributed by atoms with E-state index in [0.29, 0.717) is 24.9 Å². The summed E-state index contributed by atoms with van der Waals surface area (Å²) >= 11 is 0. The monoisotopic (exact) mass is 504 g/mol. The van der Waals surface area contributed by atoms with Crippen molar-refractivity contribution in [2.24, 2.45) is 5.41 Å². The van der Waals surface area contributed by atoms with Gasteiger partial charge < -0.3 is 5.32 Å². The number of rotatable bonds is 8. The van der Waals surface area contributed by atoms with Gasteiger partial charge in [0.05, 0.1) is 16.8 Å². The minimum absolute atomic E-state index is 0.127. The quantitative estimate of drug-likeness (QED) is 0.262. The number of halogens is 3. The van der Waals surface area contributed by atoms with Crippen molar-refractivity contribution in [2.75, 3.05) is 5.32 Å². The summed E-state index contributed by atoms with van der Waals surface area (Å²) in [4.78, 5) is 18.1. The van der Waals surface area contributed by atoms with Crippen LogP contribution in [0.25, 0.3) is 10.9 Å². The summed E-state index contributed by atoms with van der Waals surface area (Å²) < 4.78 is 38.6. The number of aromatic nitrogens is 1. The van der Waals surface area contributed by atoms with E-state index in [1.54, 1.807) is 6.20 Å². The van der Waals surface area contributed by atoms with Crippen LogP contribution in [0.2, 0.25) is 0 Å². The number of nitrogens with one attached hydrogen (secondary N) is 1. The van der Waals surface area contributed by atoms with Crippen molar-refractivity contribution in [1.82, 2.24) is 4.98 Å². The highest BCUT2D eigenvalue weighted by Gasteiger charge is 2.32. The number of pyridine rings is 1. The Balaban J connectivity index is 1.54. The van der Waals surface area contributed by atoms with Crippen LogP contribution in [0, 0.1) is 5.41 Å². The Hall–Kier alpha value is -3.67. The lowest BCUT2D eigenvalue weighted by molar-refractivity contribution is -0.137. The van der Waals surface area contributed by atoms with Gasteiger partial charge in [0, 0.05) is 22.9 Å². The summed E-state index contributed by atoms with van der Waals surface area (Å²) in [5, 5.41) is 4.08. The predicted molar refractivity (Wildman–Crippen MR) is 142 cm³/mol. The fourth-order valence-electron chi connectivity index (χ4n) is 4.60. The second-order valence-electron chi connectivity index (χ2n) is 9.80. The number of hydrogen-bond donors (Lipinski definition) is 1. The van der Waals surface area contributed by atoms with Gasteiger partial charge in [0.25, 0.3) is 0 Å². The van der Waals surface area contributed by atoms with E-state index in [0.717, 1.165) is 34.2 Å². The Kier molecular flexibility index (Phi) is 7.67. The second kappa shape index (κ2) is 10.8. The third-order valence-electron chi connectivity index (χ3n) is 7.39.